The molecule has 0 aliphatic heterocycles. The van der Waals surface area contributed by atoms with Crippen LogP contribution >= 0.6 is 23.4 Å². The van der Waals surface area contributed by atoms with Crippen molar-refractivity contribution in [1.82, 2.24) is 15.5 Å². The second kappa shape index (κ2) is 8.72. The van der Waals surface area contributed by atoms with E-state index in [1.54, 1.807) is 0 Å². The van der Waals surface area contributed by atoms with Gasteiger partial charge in [0.25, 0.3) is 5.22 Å². The van der Waals surface area contributed by atoms with Crippen molar-refractivity contribution >= 4 is 29.3 Å². The van der Waals surface area contributed by atoms with Gasteiger partial charge < -0.3 is 9.73 Å². The first-order valence-corrected chi connectivity index (χ1v) is 9.90. The number of rotatable bonds is 6. The van der Waals surface area contributed by atoms with Gasteiger partial charge in [-0.1, -0.05) is 60.8 Å². The molecule has 1 fully saturated rings. The van der Waals surface area contributed by atoms with Crippen LogP contribution in [0.25, 0.3) is 0 Å². The zero-order valence-electron chi connectivity index (χ0n) is 14.2. The van der Waals surface area contributed by atoms with Crippen LogP contribution in [0, 0.1) is 0 Å². The summed E-state index contributed by atoms with van der Waals surface area (Å²) in [5.74, 6) is 1.01. The van der Waals surface area contributed by atoms with Gasteiger partial charge >= 0.3 is 0 Å². The quantitative estimate of drug-likeness (QED) is 0.744. The minimum absolute atomic E-state index is 0.0812. The highest BCUT2D eigenvalue weighted by molar-refractivity contribution is 8.00. The van der Waals surface area contributed by atoms with Crippen LogP contribution in [0.5, 0.6) is 0 Å². The highest BCUT2D eigenvalue weighted by Crippen LogP contribution is 2.33. The van der Waals surface area contributed by atoms with Crippen molar-refractivity contribution in [3.63, 3.8) is 0 Å². The van der Waals surface area contributed by atoms with Crippen molar-refractivity contribution in [2.24, 2.45) is 0 Å². The number of carbonyl (C=O) groups excluding carboxylic acids is 1. The lowest BCUT2D eigenvalue weighted by Gasteiger charge is -2.17. The van der Waals surface area contributed by atoms with E-state index in [1.807, 2.05) is 31.2 Å². The molecule has 1 heterocycles. The maximum Gasteiger partial charge on any atom is 0.277 e. The molecule has 134 valence electrons. The van der Waals surface area contributed by atoms with Gasteiger partial charge in [-0.15, -0.1) is 10.2 Å². The molecule has 0 spiro atoms. The van der Waals surface area contributed by atoms with E-state index >= 15 is 0 Å². The summed E-state index contributed by atoms with van der Waals surface area (Å²) in [4.78, 5) is 12.3. The molecule has 1 atom stereocenters. The lowest BCUT2D eigenvalue weighted by Crippen LogP contribution is -2.30. The zero-order valence-corrected chi connectivity index (χ0v) is 15.8. The van der Waals surface area contributed by atoms with Gasteiger partial charge in [0.05, 0.1) is 5.25 Å². The number of benzene rings is 1. The molecule has 0 unspecified atom stereocenters. The standard InChI is InChI=1S/C18H22ClN3O2S/c1-12(16(23)20-11-14-9-5-6-10-15(14)19)25-18-22-21-17(24-18)13-7-3-2-4-8-13/h5-6,9-10,12-13H,2-4,7-8,11H2,1H3,(H,20,23)/t12-/m1/s1. The van der Waals surface area contributed by atoms with E-state index in [0.29, 0.717) is 28.6 Å². The number of nitrogens with one attached hydrogen (secondary N) is 1. The summed E-state index contributed by atoms with van der Waals surface area (Å²) in [7, 11) is 0. The predicted molar refractivity (Wildman–Crippen MR) is 98.7 cm³/mol. The normalized spacial score (nSPS) is 16.6. The average Bonchev–Trinajstić information content (AvgIpc) is 3.10. The third-order valence-corrected chi connectivity index (χ3v) is 5.74. The maximum absolute atomic E-state index is 12.3. The Labute approximate surface area is 156 Å². The van der Waals surface area contributed by atoms with E-state index < -0.39 is 0 Å². The molecule has 3 rings (SSSR count). The van der Waals surface area contributed by atoms with Gasteiger partial charge in [-0.25, -0.2) is 0 Å². The van der Waals surface area contributed by atoms with Gasteiger partial charge in [-0.2, -0.15) is 0 Å². The molecular formula is C18H22ClN3O2S. The van der Waals surface area contributed by atoms with Crippen LogP contribution in [-0.4, -0.2) is 21.4 Å². The highest BCUT2D eigenvalue weighted by atomic mass is 35.5. The fraction of sp³-hybridized carbons (Fsp3) is 0.500. The summed E-state index contributed by atoms with van der Waals surface area (Å²) in [6, 6.07) is 7.48. The molecule has 1 amide bonds. The number of hydrogen-bond donors (Lipinski definition) is 1. The molecular weight excluding hydrogens is 358 g/mol. The molecule has 0 bridgehead atoms. The van der Waals surface area contributed by atoms with Crippen LogP contribution in [0.3, 0.4) is 0 Å². The van der Waals surface area contributed by atoms with Crippen molar-refractivity contribution in [2.45, 2.75) is 62.0 Å². The van der Waals surface area contributed by atoms with E-state index in [9.17, 15) is 4.79 Å². The lowest BCUT2D eigenvalue weighted by atomic mass is 9.89. The molecule has 1 aromatic heterocycles. The first kappa shape index (κ1) is 18.3. The molecule has 1 aliphatic carbocycles. The minimum Gasteiger partial charge on any atom is -0.416 e. The first-order chi connectivity index (χ1) is 12.1. The van der Waals surface area contributed by atoms with Crippen LogP contribution in [0.4, 0.5) is 0 Å². The van der Waals surface area contributed by atoms with Crippen molar-refractivity contribution < 1.29 is 9.21 Å². The summed E-state index contributed by atoms with van der Waals surface area (Å²) in [6.07, 6.45) is 5.95. The molecule has 1 saturated carbocycles. The smallest absolute Gasteiger partial charge is 0.277 e. The van der Waals surface area contributed by atoms with Gasteiger partial charge in [-0.05, 0) is 31.4 Å². The van der Waals surface area contributed by atoms with E-state index in [1.165, 1.54) is 31.0 Å². The minimum atomic E-state index is -0.317. The second-order valence-electron chi connectivity index (χ2n) is 6.31. The summed E-state index contributed by atoms with van der Waals surface area (Å²) in [5, 5.41) is 11.9. The van der Waals surface area contributed by atoms with Crippen LogP contribution in [-0.2, 0) is 11.3 Å². The number of amides is 1. The van der Waals surface area contributed by atoms with Crippen molar-refractivity contribution in [2.75, 3.05) is 0 Å². The Morgan fingerprint density at radius 1 is 1.32 bits per heavy atom. The van der Waals surface area contributed by atoms with Crippen LogP contribution in [0.1, 0.15) is 56.4 Å². The molecule has 7 heteroatoms. The lowest BCUT2D eigenvalue weighted by molar-refractivity contribution is -0.120. The Bertz CT molecular complexity index is 716. The van der Waals surface area contributed by atoms with Gasteiger partial charge in [0.1, 0.15) is 0 Å². The molecule has 1 N–H and O–H groups in total. The highest BCUT2D eigenvalue weighted by Gasteiger charge is 2.23. The predicted octanol–water partition coefficient (Wildman–Crippen LogP) is 4.57. The number of nitrogens with zero attached hydrogens (tertiary/aromatic N) is 2. The van der Waals surface area contributed by atoms with Gasteiger partial charge in [0.2, 0.25) is 11.8 Å². The average molecular weight is 380 g/mol. The molecule has 1 aliphatic rings. The number of halogens is 1. The fourth-order valence-corrected chi connectivity index (χ4v) is 3.87. The Hall–Kier alpha value is -1.53. The molecule has 1 aromatic carbocycles. The van der Waals surface area contributed by atoms with Crippen molar-refractivity contribution in [3.05, 3.63) is 40.7 Å². The van der Waals surface area contributed by atoms with Crippen LogP contribution in [0.2, 0.25) is 5.02 Å². The SMILES string of the molecule is C[C@@H](Sc1nnc(C2CCCCC2)o1)C(=O)NCc1ccccc1Cl. The van der Waals surface area contributed by atoms with E-state index in [4.69, 9.17) is 16.0 Å². The molecule has 5 nitrogen and oxygen atoms in total. The number of carbonyl (C=O) groups is 1. The number of thioether (sulfide) groups is 1. The molecule has 2 aromatic rings. The summed E-state index contributed by atoms with van der Waals surface area (Å²) in [6.45, 7) is 2.23. The third-order valence-electron chi connectivity index (χ3n) is 4.43. The molecule has 0 saturated heterocycles. The monoisotopic (exact) mass is 379 g/mol. The van der Waals surface area contributed by atoms with Crippen LogP contribution < -0.4 is 5.32 Å². The number of hydrogen-bond acceptors (Lipinski definition) is 5. The maximum atomic E-state index is 12.3. The van der Waals surface area contributed by atoms with Crippen molar-refractivity contribution in [1.29, 1.82) is 0 Å². The summed E-state index contributed by atoms with van der Waals surface area (Å²) < 4.78 is 5.77. The van der Waals surface area contributed by atoms with Crippen molar-refractivity contribution in [3.8, 4) is 0 Å². The fourth-order valence-electron chi connectivity index (χ4n) is 2.96. The van der Waals surface area contributed by atoms with E-state index in [2.05, 4.69) is 15.5 Å². The summed E-state index contributed by atoms with van der Waals surface area (Å²) >= 11 is 7.39. The first-order valence-electron chi connectivity index (χ1n) is 8.64. The largest absolute Gasteiger partial charge is 0.416 e. The summed E-state index contributed by atoms with van der Waals surface area (Å²) in [5.41, 5.74) is 0.895. The Morgan fingerprint density at radius 3 is 2.84 bits per heavy atom. The third kappa shape index (κ3) is 4.98. The topological polar surface area (TPSA) is 68.0 Å². The number of aromatic nitrogens is 2. The Morgan fingerprint density at radius 2 is 2.08 bits per heavy atom. The Balaban J connectivity index is 1.51. The van der Waals surface area contributed by atoms with E-state index in [-0.39, 0.29) is 11.2 Å². The zero-order chi connectivity index (χ0) is 17.6. The van der Waals surface area contributed by atoms with Gasteiger partial charge in [-0.3, -0.25) is 4.79 Å². The van der Waals surface area contributed by atoms with E-state index in [0.717, 1.165) is 18.4 Å². The molecule has 25 heavy (non-hydrogen) atoms. The molecule has 0 radical (unpaired) electrons. The van der Waals surface area contributed by atoms with Gasteiger partial charge in [0, 0.05) is 17.5 Å². The van der Waals surface area contributed by atoms with Gasteiger partial charge in [0.15, 0.2) is 0 Å². The second-order valence-corrected chi connectivity index (χ2v) is 8.01. The Kier molecular flexibility index (Phi) is 6.37. The van der Waals surface area contributed by atoms with Crippen LogP contribution in [0.15, 0.2) is 33.9 Å².